The topological polar surface area (TPSA) is 37.3 Å². The van der Waals surface area contributed by atoms with E-state index >= 15 is 17.6 Å². The molecule has 0 saturated heterocycles. The number of hydrogen-bond acceptors (Lipinski definition) is 3. The second-order valence-corrected chi connectivity index (χ2v) is 12.8. The first-order valence-electron chi connectivity index (χ1n) is 11.5. The fourth-order valence-corrected chi connectivity index (χ4v) is 8.72. The Kier molecular flexibility index (Phi) is 5.10. The summed E-state index contributed by atoms with van der Waals surface area (Å²) in [5.74, 6) is -17.0. The Labute approximate surface area is 222 Å². The number of halogens is 6. The molecule has 0 aromatic heterocycles. The van der Waals surface area contributed by atoms with Gasteiger partial charge in [-0.3, -0.25) is 0 Å². The minimum atomic E-state index is -5.62. The zero-order chi connectivity index (χ0) is 27.5. The Morgan fingerprint density at radius 3 is 1.53 bits per heavy atom. The van der Waals surface area contributed by atoms with Crippen LogP contribution in [0.1, 0.15) is 35.3 Å². The molecule has 2 aliphatic carbocycles. The lowest BCUT2D eigenvalue weighted by atomic mass is 9.71. The number of carbonyl (C=O) groups is 1. The van der Waals surface area contributed by atoms with Gasteiger partial charge in [0.05, 0.1) is 15.1 Å². The average Bonchev–Trinajstić information content (AvgIpc) is 3.44. The molecule has 10 heteroatoms. The lowest BCUT2D eigenvalue weighted by molar-refractivity contribution is -0.258. The zero-order valence-corrected chi connectivity index (χ0v) is 21.4. The van der Waals surface area contributed by atoms with Gasteiger partial charge in [0.2, 0.25) is 0 Å². The van der Waals surface area contributed by atoms with E-state index in [1.807, 2.05) is 0 Å². The maximum absolute atomic E-state index is 15.4. The van der Waals surface area contributed by atoms with Crippen LogP contribution < -0.4 is 0 Å². The highest BCUT2D eigenvalue weighted by Crippen LogP contribution is 2.75. The quantitative estimate of drug-likeness (QED) is 0.381. The van der Waals surface area contributed by atoms with Gasteiger partial charge in [0.15, 0.2) is 0 Å². The van der Waals surface area contributed by atoms with E-state index in [0.29, 0.717) is 20.9 Å². The highest BCUT2D eigenvalue weighted by Gasteiger charge is 2.84. The Morgan fingerprint density at radius 1 is 0.684 bits per heavy atom. The molecule has 1 saturated carbocycles. The fourth-order valence-electron chi connectivity index (χ4n) is 5.57. The van der Waals surface area contributed by atoms with Crippen molar-refractivity contribution in [3.63, 3.8) is 0 Å². The van der Waals surface area contributed by atoms with Gasteiger partial charge < -0.3 is 5.11 Å². The van der Waals surface area contributed by atoms with Gasteiger partial charge in [0.1, 0.15) is 0 Å². The summed E-state index contributed by atoms with van der Waals surface area (Å²) >= 11 is 2.32. The van der Waals surface area contributed by atoms with Crippen molar-refractivity contribution in [2.45, 2.75) is 41.1 Å². The molecule has 2 heterocycles. The van der Waals surface area contributed by atoms with Crippen molar-refractivity contribution in [3.8, 4) is 0 Å². The van der Waals surface area contributed by atoms with E-state index < -0.39 is 44.4 Å². The van der Waals surface area contributed by atoms with Crippen LogP contribution in [-0.2, 0) is 0 Å². The smallest absolute Gasteiger partial charge is 0.380 e. The van der Waals surface area contributed by atoms with Crippen molar-refractivity contribution in [1.82, 2.24) is 0 Å². The molecule has 0 amide bonds. The molecule has 2 aliphatic heterocycles. The number of hydrogen-bond donors (Lipinski definition) is 1. The number of fused-ring (bicyclic) bond motifs is 4. The van der Waals surface area contributed by atoms with Gasteiger partial charge in [0.25, 0.3) is 0 Å². The van der Waals surface area contributed by atoms with Gasteiger partial charge in [0, 0.05) is 21.0 Å². The summed E-state index contributed by atoms with van der Waals surface area (Å²) in [5, 5.41) is 9.20. The molecule has 6 rings (SSSR count). The lowest BCUT2D eigenvalue weighted by Crippen LogP contribution is -2.48. The van der Waals surface area contributed by atoms with Crippen LogP contribution in [0.3, 0.4) is 0 Å². The van der Waals surface area contributed by atoms with Crippen molar-refractivity contribution < 1.29 is 36.2 Å². The van der Waals surface area contributed by atoms with Gasteiger partial charge >= 0.3 is 23.7 Å². The third kappa shape index (κ3) is 2.93. The fraction of sp³-hybridized carbons (Fsp3) is 0.250. The maximum Gasteiger partial charge on any atom is 0.380 e. The van der Waals surface area contributed by atoms with Gasteiger partial charge in [-0.2, -0.15) is 26.3 Å². The molecule has 0 unspecified atom stereocenters. The van der Waals surface area contributed by atoms with Crippen molar-refractivity contribution in [2.75, 3.05) is 0 Å². The van der Waals surface area contributed by atoms with Gasteiger partial charge in [-0.1, -0.05) is 42.5 Å². The number of carboxylic acid groups (broad SMARTS) is 1. The number of benzene rings is 2. The molecular formula is C28H18F6O2S2. The molecule has 2 atom stereocenters. The number of alkyl halides is 6. The average molecular weight is 565 g/mol. The predicted octanol–water partition coefficient (Wildman–Crippen LogP) is 8.30. The van der Waals surface area contributed by atoms with Crippen molar-refractivity contribution in [1.29, 1.82) is 0 Å². The number of carboxylic acids is 1. The molecule has 4 aliphatic rings. The molecule has 2 nitrogen and oxygen atoms in total. The number of thioether (sulfide) groups is 2. The van der Waals surface area contributed by atoms with E-state index in [1.54, 1.807) is 44.2 Å². The standard InChI is InChI=1S/C28H18F6O2S2/c1-24-17(12-19(37-24)14-6-4-3-5-7-14)21-22(27(31,32)28(33,34)26(21,29)30)18-13-20(38-25(18,24)2)15-8-10-16(11-9-15)23(35)36/h3-13H,1-2H3,(H,35,36)/t24-,25-/m1/s1. The molecule has 2 aromatic carbocycles. The second-order valence-electron chi connectivity index (χ2n) is 9.84. The summed E-state index contributed by atoms with van der Waals surface area (Å²) in [5.41, 5.74) is -1.99. The Bertz CT molecular complexity index is 1540. The molecule has 0 radical (unpaired) electrons. The van der Waals surface area contributed by atoms with Gasteiger partial charge in [-0.25, -0.2) is 4.79 Å². The van der Waals surface area contributed by atoms with E-state index in [9.17, 15) is 18.7 Å². The Balaban J connectivity index is 1.62. The van der Waals surface area contributed by atoms with Gasteiger partial charge in [-0.05, 0) is 60.4 Å². The SMILES string of the molecule is C[C@@]12SC(c3ccccc3)=CC1=C1C(=C3C=C(c4ccc(C(=O)O)cc4)S[C@]32C)C(F)(F)C(F)(F)C1(F)F. The van der Waals surface area contributed by atoms with Crippen LogP contribution in [0.2, 0.25) is 0 Å². The first kappa shape index (κ1) is 25.4. The monoisotopic (exact) mass is 564 g/mol. The third-order valence-corrected chi connectivity index (χ3v) is 11.1. The number of allylic oxidation sites excluding steroid dienone is 4. The number of rotatable bonds is 3. The third-order valence-electron chi connectivity index (χ3n) is 7.80. The van der Waals surface area contributed by atoms with Crippen molar-refractivity contribution in [2.24, 2.45) is 0 Å². The van der Waals surface area contributed by atoms with Crippen molar-refractivity contribution >= 4 is 39.3 Å². The highest BCUT2D eigenvalue weighted by atomic mass is 32.2. The van der Waals surface area contributed by atoms with Crippen LogP contribution in [0.15, 0.2) is 89.0 Å². The van der Waals surface area contributed by atoms with E-state index in [0.717, 1.165) is 11.8 Å². The zero-order valence-electron chi connectivity index (χ0n) is 19.8. The molecule has 1 fully saturated rings. The number of aromatic carboxylic acids is 1. The lowest BCUT2D eigenvalue weighted by Gasteiger charge is -2.47. The van der Waals surface area contributed by atoms with E-state index in [2.05, 4.69) is 0 Å². The maximum atomic E-state index is 15.4. The van der Waals surface area contributed by atoms with Crippen LogP contribution in [0.5, 0.6) is 0 Å². The largest absolute Gasteiger partial charge is 0.478 e. The predicted molar refractivity (Wildman–Crippen MR) is 137 cm³/mol. The summed E-state index contributed by atoms with van der Waals surface area (Å²) in [7, 11) is 0. The minimum absolute atomic E-state index is 0.00543. The van der Waals surface area contributed by atoms with Crippen LogP contribution in [0.4, 0.5) is 26.3 Å². The second kappa shape index (κ2) is 7.63. The van der Waals surface area contributed by atoms with E-state index in [4.69, 9.17) is 0 Å². The summed E-state index contributed by atoms with van der Waals surface area (Å²) in [6, 6.07) is 14.4. The van der Waals surface area contributed by atoms with Crippen LogP contribution in [0, 0.1) is 0 Å². The summed E-state index contributed by atoms with van der Waals surface area (Å²) in [6.07, 6.45) is 2.63. The van der Waals surface area contributed by atoms with Gasteiger partial charge in [-0.15, -0.1) is 23.5 Å². The molecule has 0 bridgehead atoms. The molecule has 1 N–H and O–H groups in total. The Morgan fingerprint density at radius 2 is 1.11 bits per heavy atom. The van der Waals surface area contributed by atoms with E-state index in [-0.39, 0.29) is 16.7 Å². The first-order chi connectivity index (χ1) is 17.7. The van der Waals surface area contributed by atoms with Crippen LogP contribution in [0.25, 0.3) is 9.81 Å². The summed E-state index contributed by atoms with van der Waals surface area (Å²) in [4.78, 5) is 12.2. The molecular weight excluding hydrogens is 546 g/mol. The summed E-state index contributed by atoms with van der Waals surface area (Å²) < 4.78 is 88.6. The molecule has 196 valence electrons. The Hall–Kier alpha value is -2.85. The normalized spacial score (nSPS) is 30.0. The van der Waals surface area contributed by atoms with E-state index in [1.165, 1.54) is 48.2 Å². The van der Waals surface area contributed by atoms with Crippen LogP contribution >= 0.6 is 23.5 Å². The molecule has 0 spiro atoms. The first-order valence-corrected chi connectivity index (χ1v) is 13.1. The minimum Gasteiger partial charge on any atom is -0.478 e. The highest BCUT2D eigenvalue weighted by molar-refractivity contribution is 8.14. The molecule has 38 heavy (non-hydrogen) atoms. The van der Waals surface area contributed by atoms with Crippen molar-refractivity contribution in [3.05, 3.63) is 106 Å². The molecule has 2 aromatic rings. The van der Waals surface area contributed by atoms with Crippen LogP contribution in [-0.4, -0.2) is 38.3 Å². The summed E-state index contributed by atoms with van der Waals surface area (Å²) in [6.45, 7) is 3.25.